The number of hydrogen-bond acceptors (Lipinski definition) is 3. The van der Waals surface area contributed by atoms with Crippen LogP contribution in [0.4, 0.5) is 10.7 Å². The van der Waals surface area contributed by atoms with Gasteiger partial charge in [-0.2, -0.15) is 0 Å². The molecule has 2 aromatic heterocycles. The zero-order valence-electron chi connectivity index (χ0n) is 16.7. The minimum absolute atomic E-state index is 0.0842. The van der Waals surface area contributed by atoms with Crippen molar-refractivity contribution in [3.63, 3.8) is 0 Å². The molecule has 0 fully saturated rings. The van der Waals surface area contributed by atoms with E-state index < -0.39 is 0 Å². The lowest BCUT2D eigenvalue weighted by atomic mass is 10.1. The standard InChI is InChI=1S/C24H17Cl2N3O2S/c25-17-5-8-21(26)20(12-17)22(30)27-18-6-3-15(4-7-18)23(31)29-14-19-2-1-10-28(19)13-16-9-11-32-24(16)29/h1-12H,13-14H2,(H,27,30). The molecule has 0 aliphatic carbocycles. The second-order valence-corrected chi connectivity index (χ2v) is 9.16. The van der Waals surface area contributed by atoms with Crippen LogP contribution >= 0.6 is 34.5 Å². The van der Waals surface area contributed by atoms with Gasteiger partial charge in [0.05, 0.1) is 23.7 Å². The molecule has 0 bridgehead atoms. The van der Waals surface area contributed by atoms with Gasteiger partial charge in [0.2, 0.25) is 0 Å². The molecule has 4 aromatic rings. The SMILES string of the molecule is O=C(Nc1ccc(C(=O)N2Cc3cccn3Cc3ccsc32)cc1)c1cc(Cl)ccc1Cl. The molecule has 0 saturated heterocycles. The molecule has 32 heavy (non-hydrogen) atoms. The molecule has 1 aliphatic rings. The number of aromatic nitrogens is 1. The predicted molar refractivity (Wildman–Crippen MR) is 129 cm³/mol. The second-order valence-electron chi connectivity index (χ2n) is 7.43. The largest absolute Gasteiger partial charge is 0.345 e. The van der Waals surface area contributed by atoms with E-state index in [-0.39, 0.29) is 17.4 Å². The lowest BCUT2D eigenvalue weighted by Gasteiger charge is -2.20. The smallest absolute Gasteiger partial charge is 0.259 e. The van der Waals surface area contributed by atoms with Crippen LogP contribution in [0.3, 0.4) is 0 Å². The summed E-state index contributed by atoms with van der Waals surface area (Å²) in [6.07, 6.45) is 2.04. The van der Waals surface area contributed by atoms with Crippen LogP contribution in [0.25, 0.3) is 0 Å². The Balaban J connectivity index is 1.37. The first-order valence-corrected chi connectivity index (χ1v) is 11.5. The summed E-state index contributed by atoms with van der Waals surface area (Å²) < 4.78 is 2.17. The fraction of sp³-hybridized carbons (Fsp3) is 0.0833. The number of amides is 2. The first-order valence-electron chi connectivity index (χ1n) is 9.88. The third-order valence-electron chi connectivity index (χ3n) is 5.36. The summed E-state index contributed by atoms with van der Waals surface area (Å²) in [5.41, 5.74) is 3.61. The summed E-state index contributed by atoms with van der Waals surface area (Å²) in [6, 6.07) is 17.7. The minimum Gasteiger partial charge on any atom is -0.345 e. The van der Waals surface area contributed by atoms with Crippen LogP contribution in [0, 0.1) is 0 Å². The van der Waals surface area contributed by atoms with E-state index in [4.69, 9.17) is 23.2 Å². The van der Waals surface area contributed by atoms with Gasteiger partial charge in [-0.05, 0) is 66.0 Å². The Morgan fingerprint density at radius 1 is 0.969 bits per heavy atom. The molecule has 0 atom stereocenters. The predicted octanol–water partition coefficient (Wildman–Crippen LogP) is 6.32. The number of halogens is 2. The molecular weight excluding hydrogens is 465 g/mol. The van der Waals surface area contributed by atoms with Crippen molar-refractivity contribution in [2.75, 3.05) is 10.2 Å². The van der Waals surface area contributed by atoms with Gasteiger partial charge in [-0.3, -0.25) is 14.5 Å². The quantitative estimate of drug-likeness (QED) is 0.372. The highest BCUT2D eigenvalue weighted by Gasteiger charge is 2.26. The minimum atomic E-state index is -0.368. The van der Waals surface area contributed by atoms with Crippen molar-refractivity contribution in [3.8, 4) is 0 Å². The van der Waals surface area contributed by atoms with Gasteiger partial charge < -0.3 is 9.88 Å². The maximum absolute atomic E-state index is 13.4. The van der Waals surface area contributed by atoms with Crippen LogP contribution in [-0.4, -0.2) is 16.4 Å². The number of nitrogens with one attached hydrogen (secondary N) is 1. The third kappa shape index (κ3) is 3.93. The molecule has 3 heterocycles. The van der Waals surface area contributed by atoms with E-state index in [2.05, 4.69) is 16.0 Å². The van der Waals surface area contributed by atoms with Crippen LogP contribution in [0.15, 0.2) is 72.2 Å². The number of nitrogens with zero attached hydrogens (tertiary/aromatic N) is 2. The monoisotopic (exact) mass is 481 g/mol. The first kappa shape index (κ1) is 20.8. The molecule has 0 saturated carbocycles. The first-order chi connectivity index (χ1) is 15.5. The summed E-state index contributed by atoms with van der Waals surface area (Å²) >= 11 is 13.7. The average molecular weight is 482 g/mol. The van der Waals surface area contributed by atoms with Crippen LogP contribution in [0.1, 0.15) is 32.0 Å². The highest BCUT2D eigenvalue weighted by atomic mass is 35.5. The maximum atomic E-state index is 13.4. The molecule has 5 nitrogen and oxygen atoms in total. The van der Waals surface area contributed by atoms with E-state index in [0.717, 1.165) is 22.8 Å². The van der Waals surface area contributed by atoms with Crippen molar-refractivity contribution in [1.29, 1.82) is 0 Å². The highest BCUT2D eigenvalue weighted by Crippen LogP contribution is 2.34. The highest BCUT2D eigenvalue weighted by molar-refractivity contribution is 7.14. The van der Waals surface area contributed by atoms with Crippen LogP contribution in [0.5, 0.6) is 0 Å². The van der Waals surface area contributed by atoms with E-state index in [9.17, 15) is 9.59 Å². The molecule has 2 aromatic carbocycles. The number of thiophene rings is 1. The number of fused-ring (bicyclic) bond motifs is 2. The molecule has 0 spiro atoms. The summed E-state index contributed by atoms with van der Waals surface area (Å²) in [7, 11) is 0. The number of carbonyl (C=O) groups is 2. The fourth-order valence-electron chi connectivity index (χ4n) is 3.74. The number of rotatable bonds is 3. The van der Waals surface area contributed by atoms with E-state index >= 15 is 0 Å². The van der Waals surface area contributed by atoms with Crippen molar-refractivity contribution in [3.05, 3.63) is 105 Å². The summed E-state index contributed by atoms with van der Waals surface area (Å²) in [5.74, 6) is -0.452. The van der Waals surface area contributed by atoms with Crippen LogP contribution in [-0.2, 0) is 13.1 Å². The van der Waals surface area contributed by atoms with Crippen LogP contribution < -0.4 is 10.2 Å². The maximum Gasteiger partial charge on any atom is 0.259 e. The molecule has 8 heteroatoms. The van der Waals surface area contributed by atoms with E-state index in [0.29, 0.717) is 27.8 Å². The molecule has 0 radical (unpaired) electrons. The zero-order chi connectivity index (χ0) is 22.2. The van der Waals surface area contributed by atoms with Crippen molar-refractivity contribution in [1.82, 2.24) is 4.57 Å². The van der Waals surface area contributed by atoms with Gasteiger partial charge in [0.25, 0.3) is 11.8 Å². The number of carbonyl (C=O) groups excluding carboxylic acids is 2. The lowest BCUT2D eigenvalue weighted by molar-refractivity contribution is 0.0984. The van der Waals surface area contributed by atoms with Gasteiger partial charge in [-0.1, -0.05) is 23.2 Å². The van der Waals surface area contributed by atoms with E-state index in [1.807, 2.05) is 28.6 Å². The number of benzene rings is 2. The Kier molecular flexibility index (Phi) is 5.51. The third-order valence-corrected chi connectivity index (χ3v) is 6.90. The molecular formula is C24H17Cl2N3O2S. The Hall–Kier alpha value is -3.06. The molecule has 1 N–H and O–H groups in total. The summed E-state index contributed by atoms with van der Waals surface area (Å²) in [6.45, 7) is 1.26. The van der Waals surface area contributed by atoms with Gasteiger partial charge >= 0.3 is 0 Å². The molecule has 160 valence electrons. The Morgan fingerprint density at radius 2 is 1.78 bits per heavy atom. The molecule has 2 amide bonds. The van der Waals surface area contributed by atoms with Gasteiger partial charge in [0.15, 0.2) is 0 Å². The van der Waals surface area contributed by atoms with Crippen LogP contribution in [0.2, 0.25) is 10.0 Å². The normalized spacial score (nSPS) is 12.6. The second kappa shape index (κ2) is 8.47. The molecule has 1 aliphatic heterocycles. The van der Waals surface area contributed by atoms with Gasteiger partial charge in [-0.25, -0.2) is 0 Å². The Labute approximate surface area is 198 Å². The lowest BCUT2D eigenvalue weighted by Crippen LogP contribution is -2.29. The zero-order valence-corrected chi connectivity index (χ0v) is 19.0. The molecule has 0 unspecified atom stereocenters. The number of anilines is 2. The summed E-state index contributed by atoms with van der Waals surface area (Å²) in [5, 5.41) is 6.52. The van der Waals surface area contributed by atoms with E-state index in [1.165, 1.54) is 6.07 Å². The van der Waals surface area contributed by atoms with Gasteiger partial charge in [0, 0.05) is 33.7 Å². The van der Waals surface area contributed by atoms with Gasteiger partial charge in [-0.15, -0.1) is 11.3 Å². The van der Waals surface area contributed by atoms with Crippen molar-refractivity contribution in [2.24, 2.45) is 0 Å². The summed E-state index contributed by atoms with van der Waals surface area (Å²) in [4.78, 5) is 27.8. The van der Waals surface area contributed by atoms with Crippen molar-refractivity contribution in [2.45, 2.75) is 13.1 Å². The Bertz CT molecular complexity index is 1330. The Morgan fingerprint density at radius 3 is 2.59 bits per heavy atom. The van der Waals surface area contributed by atoms with Crippen molar-refractivity contribution >= 4 is 57.0 Å². The molecule has 5 rings (SSSR count). The van der Waals surface area contributed by atoms with Crippen molar-refractivity contribution < 1.29 is 9.59 Å². The topological polar surface area (TPSA) is 54.3 Å². The van der Waals surface area contributed by atoms with Gasteiger partial charge in [0.1, 0.15) is 5.00 Å². The fourth-order valence-corrected chi connectivity index (χ4v) is 5.03. The van der Waals surface area contributed by atoms with E-state index in [1.54, 1.807) is 47.7 Å². The number of hydrogen-bond donors (Lipinski definition) is 1. The average Bonchev–Trinajstić information content (AvgIpc) is 3.41.